The Kier molecular flexibility index (Phi) is 5.32. The number of piperazine rings is 1. The Bertz CT molecular complexity index is 737. The molecule has 1 aliphatic heterocycles. The van der Waals surface area contributed by atoms with Crippen LogP contribution >= 0.6 is 11.8 Å². The highest BCUT2D eigenvalue weighted by Gasteiger charge is 2.25. The lowest BCUT2D eigenvalue weighted by Crippen LogP contribution is -2.52. The van der Waals surface area contributed by atoms with Gasteiger partial charge in [-0.15, -0.1) is 0 Å². The van der Waals surface area contributed by atoms with Crippen molar-refractivity contribution in [3.8, 4) is 0 Å². The number of thioether (sulfide) groups is 1. The zero-order valence-electron chi connectivity index (χ0n) is 16.0. The van der Waals surface area contributed by atoms with Gasteiger partial charge in [-0.2, -0.15) is 0 Å². The number of fused-ring (bicyclic) bond motifs is 1. The third kappa shape index (κ3) is 4.30. The van der Waals surface area contributed by atoms with E-state index in [-0.39, 0.29) is 11.4 Å². The normalized spacial score (nSPS) is 19.8. The van der Waals surface area contributed by atoms with Gasteiger partial charge in [0.2, 0.25) is 0 Å². The van der Waals surface area contributed by atoms with Crippen LogP contribution in [-0.4, -0.2) is 63.5 Å². The van der Waals surface area contributed by atoms with Gasteiger partial charge in [0.25, 0.3) is 0 Å². The maximum atomic E-state index is 9.16. The number of nitrogens with zero attached hydrogens (tertiary/aromatic N) is 3. The van der Waals surface area contributed by atoms with E-state index < -0.39 is 0 Å². The number of aromatic amines is 1. The van der Waals surface area contributed by atoms with Gasteiger partial charge in [-0.25, -0.2) is 4.98 Å². The summed E-state index contributed by atoms with van der Waals surface area (Å²) >= 11 is 1.77. The summed E-state index contributed by atoms with van der Waals surface area (Å²) < 4.78 is 0.142. The van der Waals surface area contributed by atoms with Crippen molar-refractivity contribution in [1.82, 2.24) is 14.9 Å². The Balaban J connectivity index is 1.85. The number of aliphatic hydroxyl groups excluding tert-OH is 1. The summed E-state index contributed by atoms with van der Waals surface area (Å²) in [4.78, 5) is 13.1. The molecule has 1 saturated heterocycles. The van der Waals surface area contributed by atoms with Crippen molar-refractivity contribution in [3.05, 3.63) is 17.7 Å². The van der Waals surface area contributed by atoms with Gasteiger partial charge >= 0.3 is 0 Å². The van der Waals surface area contributed by atoms with Crippen LogP contribution in [0.3, 0.4) is 0 Å². The van der Waals surface area contributed by atoms with Crippen molar-refractivity contribution in [2.24, 2.45) is 0 Å². The highest BCUT2D eigenvalue weighted by Crippen LogP contribution is 2.33. The van der Waals surface area contributed by atoms with Crippen LogP contribution in [-0.2, 0) is 0 Å². The van der Waals surface area contributed by atoms with Crippen LogP contribution in [0, 0.1) is 6.92 Å². The molecule has 1 atom stereocenters. The molecule has 2 heterocycles. The number of nitrogens with one attached hydrogen (secondary N) is 1. The third-order valence-electron chi connectivity index (χ3n) is 4.62. The Labute approximate surface area is 154 Å². The highest BCUT2D eigenvalue weighted by atomic mass is 32.2. The smallest absolute Gasteiger partial charge is 0.166 e. The minimum absolute atomic E-state index is 0.142. The molecular weight excluding hydrogens is 332 g/mol. The number of hydrogen-bond donors (Lipinski definition) is 2. The largest absolute Gasteiger partial charge is 0.395 e. The summed E-state index contributed by atoms with van der Waals surface area (Å²) in [6.45, 7) is 15.0. The lowest BCUT2D eigenvalue weighted by Gasteiger charge is -2.41. The lowest BCUT2D eigenvalue weighted by atomic mass is 10.1. The first-order chi connectivity index (χ1) is 11.8. The molecular formula is C19H30N4OS. The van der Waals surface area contributed by atoms with Gasteiger partial charge in [-0.05, 0) is 31.5 Å². The zero-order valence-corrected chi connectivity index (χ0v) is 16.8. The number of β-amino-alcohol motifs (C(OH)–C–C–N with tert-alkyl or cyclic N) is 1. The number of imidazole rings is 1. The van der Waals surface area contributed by atoms with E-state index in [0.717, 1.165) is 42.4 Å². The first-order valence-electron chi connectivity index (χ1n) is 9.06. The van der Waals surface area contributed by atoms with Gasteiger partial charge in [0, 0.05) is 42.7 Å². The quantitative estimate of drug-likeness (QED) is 0.818. The fraction of sp³-hybridized carbons (Fsp3) is 0.632. The monoisotopic (exact) mass is 362 g/mol. The van der Waals surface area contributed by atoms with E-state index in [4.69, 9.17) is 10.1 Å². The fourth-order valence-electron chi connectivity index (χ4n) is 3.51. The Morgan fingerprint density at radius 2 is 2.08 bits per heavy atom. The molecule has 0 amide bonds. The van der Waals surface area contributed by atoms with Gasteiger partial charge in [0.05, 0.1) is 17.6 Å². The van der Waals surface area contributed by atoms with Crippen LogP contribution in [0.1, 0.15) is 33.3 Å². The first-order valence-corrected chi connectivity index (χ1v) is 9.88. The molecule has 25 heavy (non-hydrogen) atoms. The van der Waals surface area contributed by atoms with E-state index in [0.29, 0.717) is 6.04 Å². The molecule has 1 aromatic heterocycles. The Morgan fingerprint density at radius 1 is 1.32 bits per heavy atom. The molecule has 0 unspecified atom stereocenters. The van der Waals surface area contributed by atoms with Crippen molar-refractivity contribution < 1.29 is 5.11 Å². The molecule has 0 saturated carbocycles. The van der Waals surface area contributed by atoms with E-state index in [1.807, 2.05) is 0 Å². The minimum atomic E-state index is 0.142. The van der Waals surface area contributed by atoms with Crippen molar-refractivity contribution in [1.29, 1.82) is 0 Å². The number of anilines is 1. The second-order valence-corrected chi connectivity index (χ2v) is 9.79. The molecule has 6 heteroatoms. The molecule has 138 valence electrons. The standard InChI is InChI=1S/C19H30N4OS/c1-13-10-15-16(21-18(20-15)25-19(3,4)5)11-17(13)23-7-6-22(8-9-24)12-14(23)2/h10-11,14,24H,6-9,12H2,1-5H3,(H,20,21)/t14-/m1/s1. The third-order valence-corrected chi connectivity index (χ3v) is 5.62. The minimum Gasteiger partial charge on any atom is -0.395 e. The van der Waals surface area contributed by atoms with E-state index in [1.165, 1.54) is 11.3 Å². The van der Waals surface area contributed by atoms with Gasteiger partial charge in [-0.1, -0.05) is 32.5 Å². The number of aryl methyl sites for hydroxylation is 1. The summed E-state index contributed by atoms with van der Waals surface area (Å²) in [5.41, 5.74) is 4.71. The van der Waals surface area contributed by atoms with Crippen LogP contribution in [0.4, 0.5) is 5.69 Å². The molecule has 1 aliphatic rings. The topological polar surface area (TPSA) is 55.4 Å². The number of hydrogen-bond acceptors (Lipinski definition) is 5. The molecule has 3 rings (SSSR count). The molecule has 0 spiro atoms. The molecule has 0 bridgehead atoms. The van der Waals surface area contributed by atoms with E-state index in [2.05, 4.69) is 61.5 Å². The maximum absolute atomic E-state index is 9.16. The predicted molar refractivity (Wildman–Crippen MR) is 107 cm³/mol. The van der Waals surface area contributed by atoms with Crippen LogP contribution in [0.15, 0.2) is 17.3 Å². The number of benzene rings is 1. The molecule has 1 aromatic carbocycles. The molecule has 5 nitrogen and oxygen atoms in total. The van der Waals surface area contributed by atoms with E-state index in [9.17, 15) is 0 Å². The van der Waals surface area contributed by atoms with Gasteiger partial charge in [0.15, 0.2) is 5.16 Å². The van der Waals surface area contributed by atoms with Gasteiger partial charge < -0.3 is 15.0 Å². The zero-order chi connectivity index (χ0) is 18.2. The van der Waals surface area contributed by atoms with Crippen LogP contribution < -0.4 is 4.90 Å². The second-order valence-electron chi connectivity index (χ2n) is 7.98. The SMILES string of the molecule is Cc1cc2[nH]c(SC(C)(C)C)nc2cc1N1CCN(CCO)C[C@H]1C. The number of aromatic nitrogens is 2. The van der Waals surface area contributed by atoms with Crippen molar-refractivity contribution in [2.75, 3.05) is 37.7 Å². The molecule has 2 aromatic rings. The number of rotatable bonds is 4. The average molecular weight is 363 g/mol. The Hall–Kier alpha value is -1.24. The number of H-pyrrole nitrogens is 1. The van der Waals surface area contributed by atoms with E-state index in [1.54, 1.807) is 11.8 Å². The van der Waals surface area contributed by atoms with Crippen LogP contribution in [0.5, 0.6) is 0 Å². The summed E-state index contributed by atoms with van der Waals surface area (Å²) in [5.74, 6) is 0. The molecule has 0 radical (unpaired) electrons. The molecule has 0 aliphatic carbocycles. The molecule has 2 N–H and O–H groups in total. The van der Waals surface area contributed by atoms with Crippen LogP contribution in [0.25, 0.3) is 11.0 Å². The van der Waals surface area contributed by atoms with Crippen LogP contribution in [0.2, 0.25) is 0 Å². The fourth-order valence-corrected chi connectivity index (χ4v) is 4.40. The Morgan fingerprint density at radius 3 is 2.72 bits per heavy atom. The summed E-state index contributed by atoms with van der Waals surface area (Å²) in [6, 6.07) is 4.88. The summed E-state index contributed by atoms with van der Waals surface area (Å²) in [5, 5.41) is 10.2. The first kappa shape index (κ1) is 18.5. The molecule has 1 fully saturated rings. The summed E-state index contributed by atoms with van der Waals surface area (Å²) in [7, 11) is 0. The van der Waals surface area contributed by atoms with Crippen molar-refractivity contribution in [3.63, 3.8) is 0 Å². The highest BCUT2D eigenvalue weighted by molar-refractivity contribution is 8.00. The summed E-state index contributed by atoms with van der Waals surface area (Å²) in [6.07, 6.45) is 0. The van der Waals surface area contributed by atoms with E-state index >= 15 is 0 Å². The van der Waals surface area contributed by atoms with Gasteiger partial charge in [-0.3, -0.25) is 4.90 Å². The average Bonchev–Trinajstić information content (AvgIpc) is 2.86. The van der Waals surface area contributed by atoms with Crippen molar-refractivity contribution >= 4 is 28.5 Å². The second kappa shape index (κ2) is 7.17. The lowest BCUT2D eigenvalue weighted by molar-refractivity contribution is 0.174. The van der Waals surface area contributed by atoms with Crippen molar-refractivity contribution in [2.45, 2.75) is 50.6 Å². The van der Waals surface area contributed by atoms with Gasteiger partial charge in [0.1, 0.15) is 0 Å². The predicted octanol–water partition coefficient (Wildman–Crippen LogP) is 3.26. The maximum Gasteiger partial charge on any atom is 0.166 e. The number of aliphatic hydroxyl groups is 1.